The number of carbonyl (C=O) groups excluding carboxylic acids is 2. The third-order valence-electron chi connectivity index (χ3n) is 4.57. The number of rotatable bonds is 9. The third-order valence-corrected chi connectivity index (χ3v) is 7.13. The number of amides is 1. The second-order valence-electron chi connectivity index (χ2n) is 8.48. The topological polar surface area (TPSA) is 95.9 Å². The van der Waals surface area contributed by atoms with Gasteiger partial charge in [-0.15, -0.1) is 0 Å². The van der Waals surface area contributed by atoms with Crippen LogP contribution < -0.4 is 5.32 Å². The average Bonchev–Trinajstić information content (AvgIpc) is 2.67. The molecule has 2 aromatic carbocycles. The first-order valence-electron chi connectivity index (χ1n) is 9.99. The van der Waals surface area contributed by atoms with E-state index >= 15 is 0 Å². The van der Waals surface area contributed by atoms with E-state index in [1.807, 2.05) is 66.9 Å². The van der Waals surface area contributed by atoms with Crippen molar-refractivity contribution in [1.82, 2.24) is 5.32 Å². The van der Waals surface area contributed by atoms with Gasteiger partial charge in [0.15, 0.2) is 0 Å². The highest BCUT2D eigenvalue weighted by molar-refractivity contribution is 6.66. The first kappa shape index (κ1) is 23.8. The molecular weight excluding hydrogens is 398 g/mol. The standard InChI is InChI=1S/C23H30NO5Si/c1-23(2,3)29-22(26)24-21(15-19-12-8-5-9-13-19)30(27,28)17-20(16-25)14-18-10-6-4-7-11-18/h4-13,20-21,27-28H,14-15,17H2,1-3H3,(H,24,26)/t20-,21+/m0/s1. The van der Waals surface area contributed by atoms with Crippen molar-refractivity contribution in [3.8, 4) is 0 Å². The van der Waals surface area contributed by atoms with Crippen molar-refractivity contribution in [2.75, 3.05) is 0 Å². The lowest BCUT2D eigenvalue weighted by Crippen LogP contribution is -2.60. The van der Waals surface area contributed by atoms with E-state index in [2.05, 4.69) is 5.32 Å². The van der Waals surface area contributed by atoms with E-state index in [0.717, 1.165) is 11.1 Å². The number of benzene rings is 2. The van der Waals surface area contributed by atoms with E-state index in [1.54, 1.807) is 20.8 Å². The highest BCUT2D eigenvalue weighted by atomic mass is 28.4. The maximum Gasteiger partial charge on any atom is 0.407 e. The molecule has 1 radical (unpaired) electrons. The Kier molecular flexibility index (Phi) is 8.34. The number of hydrogen-bond donors (Lipinski definition) is 3. The second kappa shape index (κ2) is 10.5. The summed E-state index contributed by atoms with van der Waals surface area (Å²) in [5, 5.41) is 2.63. The smallest absolute Gasteiger partial charge is 0.407 e. The van der Waals surface area contributed by atoms with Crippen LogP contribution in [0.15, 0.2) is 60.7 Å². The molecule has 2 rings (SSSR count). The van der Waals surface area contributed by atoms with Crippen LogP contribution in [0, 0.1) is 5.92 Å². The SMILES string of the molecule is CC(C)(C)OC(=O)N[C@@H](Cc1ccccc1)[Si](O)(O)C[C@H]([C]=O)Cc1ccccc1. The molecule has 0 saturated carbocycles. The quantitative estimate of drug-likeness (QED) is 0.534. The molecule has 161 valence electrons. The van der Waals surface area contributed by atoms with E-state index in [1.165, 1.54) is 0 Å². The molecule has 30 heavy (non-hydrogen) atoms. The minimum atomic E-state index is -4.07. The van der Waals surface area contributed by atoms with Crippen molar-refractivity contribution in [3.05, 3.63) is 71.8 Å². The molecule has 6 nitrogen and oxygen atoms in total. The van der Waals surface area contributed by atoms with Gasteiger partial charge in [0.2, 0.25) is 6.29 Å². The highest BCUT2D eigenvalue weighted by Gasteiger charge is 2.43. The monoisotopic (exact) mass is 428 g/mol. The fraction of sp³-hybridized carbons (Fsp3) is 0.391. The average molecular weight is 429 g/mol. The Labute approximate surface area is 179 Å². The zero-order valence-corrected chi connectivity index (χ0v) is 18.7. The molecule has 0 aliphatic carbocycles. The molecule has 7 heteroatoms. The molecule has 0 unspecified atom stereocenters. The molecule has 2 aromatic rings. The number of carbonyl (C=O) groups is 1. The van der Waals surface area contributed by atoms with E-state index in [4.69, 9.17) is 4.74 Å². The summed E-state index contributed by atoms with van der Waals surface area (Å²) < 4.78 is 5.30. The molecule has 0 aliphatic rings. The number of nitrogens with one attached hydrogen (secondary N) is 1. The third kappa shape index (κ3) is 8.10. The van der Waals surface area contributed by atoms with Crippen LogP contribution in [0.1, 0.15) is 31.9 Å². The van der Waals surface area contributed by atoms with E-state index in [0.29, 0.717) is 6.42 Å². The van der Waals surface area contributed by atoms with Crippen LogP contribution in [0.4, 0.5) is 4.79 Å². The molecule has 0 bridgehead atoms. The second-order valence-corrected chi connectivity index (χ2v) is 11.3. The fourth-order valence-corrected chi connectivity index (χ4v) is 5.34. The Morgan fingerprint density at radius 2 is 1.50 bits per heavy atom. The lowest BCUT2D eigenvalue weighted by molar-refractivity contribution is 0.0508. The van der Waals surface area contributed by atoms with Crippen molar-refractivity contribution >= 4 is 20.9 Å². The van der Waals surface area contributed by atoms with Gasteiger partial charge in [-0.1, -0.05) is 60.7 Å². The molecule has 0 fully saturated rings. The van der Waals surface area contributed by atoms with Crippen molar-refractivity contribution in [3.63, 3.8) is 0 Å². The van der Waals surface area contributed by atoms with Gasteiger partial charge in [-0.25, -0.2) is 4.79 Å². The van der Waals surface area contributed by atoms with Crippen molar-refractivity contribution in [2.45, 2.75) is 50.9 Å². The summed E-state index contributed by atoms with van der Waals surface area (Å²) in [6.07, 6.45) is 1.78. The highest BCUT2D eigenvalue weighted by Crippen LogP contribution is 2.21. The lowest BCUT2D eigenvalue weighted by atomic mass is 10.0. The Morgan fingerprint density at radius 3 is 1.97 bits per heavy atom. The van der Waals surface area contributed by atoms with Gasteiger partial charge in [-0.2, -0.15) is 0 Å². The summed E-state index contributed by atoms with van der Waals surface area (Å²) >= 11 is 0. The molecule has 0 aromatic heterocycles. The molecule has 0 heterocycles. The minimum Gasteiger partial charge on any atom is -0.444 e. The molecule has 2 atom stereocenters. The number of alkyl carbamates (subject to hydrolysis) is 1. The van der Waals surface area contributed by atoms with Crippen molar-refractivity contribution < 1.29 is 23.9 Å². The van der Waals surface area contributed by atoms with Crippen LogP contribution >= 0.6 is 0 Å². The summed E-state index contributed by atoms with van der Waals surface area (Å²) in [4.78, 5) is 45.9. The summed E-state index contributed by atoms with van der Waals surface area (Å²) in [6.45, 7) is 5.20. The van der Waals surface area contributed by atoms with Crippen LogP contribution in [-0.2, 0) is 22.4 Å². The van der Waals surface area contributed by atoms with Crippen molar-refractivity contribution in [2.24, 2.45) is 5.92 Å². The largest absolute Gasteiger partial charge is 0.444 e. The van der Waals surface area contributed by atoms with Crippen LogP contribution in [0.3, 0.4) is 0 Å². The van der Waals surface area contributed by atoms with Gasteiger partial charge in [0, 0.05) is 12.0 Å². The summed E-state index contributed by atoms with van der Waals surface area (Å²) in [5.41, 5.74) is 0.0908. The summed E-state index contributed by atoms with van der Waals surface area (Å²) in [6, 6.07) is 18.5. The first-order chi connectivity index (χ1) is 14.1. The maximum absolute atomic E-state index is 12.3. The van der Waals surface area contributed by atoms with Gasteiger partial charge < -0.3 is 19.6 Å². The molecule has 1 amide bonds. The predicted molar refractivity (Wildman–Crippen MR) is 118 cm³/mol. The van der Waals surface area contributed by atoms with Gasteiger partial charge in [0.25, 0.3) is 0 Å². The van der Waals surface area contributed by atoms with Gasteiger partial charge in [-0.3, -0.25) is 4.79 Å². The van der Waals surface area contributed by atoms with Crippen molar-refractivity contribution in [1.29, 1.82) is 0 Å². The maximum atomic E-state index is 12.3. The van der Waals surface area contributed by atoms with Gasteiger partial charge >= 0.3 is 14.7 Å². The van der Waals surface area contributed by atoms with Gasteiger partial charge in [0.1, 0.15) is 5.60 Å². The number of ether oxygens (including phenoxy) is 1. The fourth-order valence-electron chi connectivity index (χ4n) is 3.19. The number of hydrogen-bond acceptors (Lipinski definition) is 5. The van der Waals surface area contributed by atoms with Crippen LogP contribution in [-0.4, -0.2) is 41.8 Å². The first-order valence-corrected chi connectivity index (χ1v) is 12.2. The Balaban J connectivity index is 2.18. The molecule has 3 N–H and O–H groups in total. The summed E-state index contributed by atoms with van der Waals surface area (Å²) in [7, 11) is -4.07. The van der Waals surface area contributed by atoms with E-state index in [-0.39, 0.29) is 12.5 Å². The minimum absolute atomic E-state index is 0.140. The lowest BCUT2D eigenvalue weighted by Gasteiger charge is -2.31. The normalized spacial score (nSPS) is 13.9. The predicted octanol–water partition coefficient (Wildman–Crippen LogP) is 3.06. The van der Waals surface area contributed by atoms with Crippen LogP contribution in [0.25, 0.3) is 0 Å². The van der Waals surface area contributed by atoms with Gasteiger partial charge in [-0.05, 0) is 44.7 Å². The van der Waals surface area contributed by atoms with Crippen LogP contribution in [0.2, 0.25) is 6.04 Å². The Bertz CT molecular complexity index is 805. The molecule has 0 aliphatic heterocycles. The molecule has 0 saturated heterocycles. The molecular formula is C23H30NO5Si. The van der Waals surface area contributed by atoms with E-state index in [9.17, 15) is 19.2 Å². The Morgan fingerprint density at radius 1 is 1.00 bits per heavy atom. The van der Waals surface area contributed by atoms with Crippen LogP contribution in [0.5, 0.6) is 0 Å². The van der Waals surface area contributed by atoms with Gasteiger partial charge in [0.05, 0.1) is 5.67 Å². The Hall–Kier alpha value is -2.48. The molecule has 0 spiro atoms. The summed E-state index contributed by atoms with van der Waals surface area (Å²) in [5.74, 6) is -0.687. The zero-order valence-electron chi connectivity index (χ0n) is 17.7. The van der Waals surface area contributed by atoms with E-state index < -0.39 is 31.8 Å². The zero-order chi connectivity index (χ0) is 22.2.